The number of likely N-dealkylation sites (tertiary alicyclic amines) is 1. The summed E-state index contributed by atoms with van der Waals surface area (Å²) in [7, 11) is 0. The fraction of sp³-hybridized carbons (Fsp3) is 0.636. The summed E-state index contributed by atoms with van der Waals surface area (Å²) in [5, 5.41) is 8.84. The van der Waals surface area contributed by atoms with E-state index in [-0.39, 0.29) is 6.03 Å². The lowest BCUT2D eigenvalue weighted by Gasteiger charge is -2.35. The number of nitrogens with zero attached hydrogens (tertiary/aromatic N) is 4. The maximum Gasteiger partial charge on any atom is 0.414 e. The van der Waals surface area contributed by atoms with Gasteiger partial charge < -0.3 is 10.6 Å². The summed E-state index contributed by atoms with van der Waals surface area (Å²) in [4.78, 5) is 17.0. The van der Waals surface area contributed by atoms with Crippen molar-refractivity contribution >= 4 is 11.7 Å². The molecule has 2 amide bonds. The summed E-state index contributed by atoms with van der Waals surface area (Å²) in [6.45, 7) is 9.65. The molecule has 2 saturated heterocycles. The monoisotopic (exact) mass is 382 g/mol. The molecule has 1 aliphatic carbocycles. The fourth-order valence-electron chi connectivity index (χ4n) is 5.72. The summed E-state index contributed by atoms with van der Waals surface area (Å²) < 4.78 is 0.481. The van der Waals surface area contributed by atoms with Gasteiger partial charge in [0, 0.05) is 56.5 Å². The van der Waals surface area contributed by atoms with Crippen molar-refractivity contribution in [2.75, 3.05) is 44.2 Å². The van der Waals surface area contributed by atoms with E-state index in [0.29, 0.717) is 34.9 Å². The number of carbonyl (C=O) groups excluding carboxylic acids is 1. The molecule has 6 heteroatoms. The number of nitrogens with two attached hydrogens (primary N) is 1. The minimum Gasteiger partial charge on any atom is -0.369 e. The van der Waals surface area contributed by atoms with Crippen LogP contribution in [0, 0.1) is 17.2 Å². The Kier molecular flexibility index (Phi) is 5.07. The Labute approximate surface area is 168 Å². The van der Waals surface area contributed by atoms with Gasteiger partial charge in [0.2, 0.25) is 0 Å². The topological polar surface area (TPSA) is 73.4 Å². The van der Waals surface area contributed by atoms with Gasteiger partial charge in [-0.1, -0.05) is 19.1 Å². The highest BCUT2D eigenvalue weighted by molar-refractivity contribution is 5.66. The molecule has 3 aliphatic rings. The van der Waals surface area contributed by atoms with Crippen LogP contribution in [-0.2, 0) is 0 Å². The van der Waals surface area contributed by atoms with Gasteiger partial charge in [-0.05, 0) is 24.6 Å². The summed E-state index contributed by atoms with van der Waals surface area (Å²) in [5.41, 5.74) is 8.51. The van der Waals surface area contributed by atoms with Crippen molar-refractivity contribution in [2.24, 2.45) is 11.7 Å². The van der Waals surface area contributed by atoms with Crippen LogP contribution in [0.15, 0.2) is 24.3 Å². The minimum atomic E-state index is -0.142. The van der Waals surface area contributed by atoms with Crippen molar-refractivity contribution in [3.05, 3.63) is 29.8 Å². The number of rotatable bonds is 4. The number of amides is 2. The average Bonchev–Trinajstić information content (AvgIpc) is 3.42. The van der Waals surface area contributed by atoms with Gasteiger partial charge in [-0.2, -0.15) is 5.26 Å². The van der Waals surface area contributed by atoms with Gasteiger partial charge in [0.05, 0.1) is 25.2 Å². The molecule has 4 rings (SSSR count). The van der Waals surface area contributed by atoms with Gasteiger partial charge in [-0.15, -0.1) is 0 Å². The Hall–Kier alpha value is -2.10. The van der Waals surface area contributed by atoms with Crippen molar-refractivity contribution < 1.29 is 9.28 Å². The Bertz CT molecular complexity index is 764. The highest BCUT2D eigenvalue weighted by atomic mass is 16.2. The first-order valence-electron chi connectivity index (χ1n) is 10.6. The number of anilines is 1. The maximum absolute atomic E-state index is 12.4. The fourth-order valence-corrected chi connectivity index (χ4v) is 5.72. The van der Waals surface area contributed by atoms with Gasteiger partial charge in [-0.25, -0.2) is 9.28 Å². The van der Waals surface area contributed by atoms with E-state index in [1.165, 1.54) is 11.3 Å². The molecule has 0 bridgehead atoms. The van der Waals surface area contributed by atoms with Gasteiger partial charge in [0.1, 0.15) is 6.04 Å². The number of hydrogen-bond donors (Lipinski definition) is 1. The molecule has 0 aromatic heterocycles. The smallest absolute Gasteiger partial charge is 0.369 e. The van der Waals surface area contributed by atoms with E-state index in [1.54, 1.807) is 0 Å². The zero-order valence-corrected chi connectivity index (χ0v) is 17.1. The first-order chi connectivity index (χ1) is 13.5. The molecule has 1 aromatic rings. The lowest BCUT2D eigenvalue weighted by Crippen LogP contribution is -2.60. The Morgan fingerprint density at radius 2 is 1.86 bits per heavy atom. The number of nitriles is 1. The van der Waals surface area contributed by atoms with Crippen LogP contribution in [0.1, 0.15) is 38.2 Å². The van der Waals surface area contributed by atoms with E-state index >= 15 is 0 Å². The summed E-state index contributed by atoms with van der Waals surface area (Å²) >= 11 is 0. The largest absolute Gasteiger partial charge is 0.414 e. The van der Waals surface area contributed by atoms with Crippen LogP contribution in [0.25, 0.3) is 0 Å². The quantitative estimate of drug-likeness (QED) is 0.641. The Morgan fingerprint density at radius 3 is 2.39 bits per heavy atom. The number of piperazine rings is 1. The Morgan fingerprint density at radius 1 is 1.18 bits per heavy atom. The van der Waals surface area contributed by atoms with Crippen molar-refractivity contribution in [3.8, 4) is 6.07 Å². The van der Waals surface area contributed by atoms with Crippen LogP contribution in [0.3, 0.4) is 0 Å². The molecule has 5 atom stereocenters. The molecular weight excluding hydrogens is 350 g/mol. The molecular formula is C22H32N5O+. The van der Waals surface area contributed by atoms with Gasteiger partial charge in [-0.3, -0.25) is 4.90 Å². The average molecular weight is 383 g/mol. The van der Waals surface area contributed by atoms with Crippen LogP contribution in [0.4, 0.5) is 10.5 Å². The molecule has 6 nitrogen and oxygen atoms in total. The van der Waals surface area contributed by atoms with E-state index < -0.39 is 0 Å². The highest BCUT2D eigenvalue weighted by Crippen LogP contribution is 2.52. The van der Waals surface area contributed by atoms with E-state index in [9.17, 15) is 4.79 Å². The third-order valence-electron chi connectivity index (χ3n) is 7.26. The maximum atomic E-state index is 12.4. The molecule has 150 valence electrons. The summed E-state index contributed by atoms with van der Waals surface area (Å²) in [6.07, 6.45) is 2.15. The number of benzene rings is 1. The standard InChI is InChI=1S/C22H31N5O/c1-16-13-17(2)27(15-16,22(24)28)21-14-20(21)18-3-5-19(6-4-18)26-11-9-25(8-7-23)10-12-26/h3-6,16-17,20-21H,8-15H2,1-2H3,(H-,24,28)/p+1/t16-,17?,20?,21?,27?/m0/s1. The Balaban J connectivity index is 1.42. The van der Waals surface area contributed by atoms with Gasteiger partial charge in [0.25, 0.3) is 0 Å². The van der Waals surface area contributed by atoms with Gasteiger partial charge in [0.15, 0.2) is 0 Å². The molecule has 2 N–H and O–H groups in total. The van der Waals surface area contributed by atoms with Crippen LogP contribution in [0.2, 0.25) is 0 Å². The summed E-state index contributed by atoms with van der Waals surface area (Å²) in [5.74, 6) is 1.01. The van der Waals surface area contributed by atoms with Crippen molar-refractivity contribution in [1.82, 2.24) is 4.90 Å². The van der Waals surface area contributed by atoms with Crippen molar-refractivity contribution in [3.63, 3.8) is 0 Å². The molecule has 3 fully saturated rings. The SMILES string of the molecule is CC1C[C@H](C)C[N+]1(C(N)=O)C1CC1c1ccc(N2CCN(CC#N)CC2)cc1. The summed E-state index contributed by atoms with van der Waals surface area (Å²) in [6, 6.07) is 11.7. The first kappa shape index (κ1) is 19.2. The third-order valence-corrected chi connectivity index (χ3v) is 7.26. The highest BCUT2D eigenvalue weighted by Gasteiger charge is 2.62. The van der Waals surface area contributed by atoms with Crippen LogP contribution < -0.4 is 10.6 Å². The molecule has 1 saturated carbocycles. The molecule has 4 unspecified atom stereocenters. The predicted octanol–water partition coefficient (Wildman–Crippen LogP) is 2.51. The zero-order chi connectivity index (χ0) is 19.9. The minimum absolute atomic E-state index is 0.142. The molecule has 1 aromatic carbocycles. The number of urea groups is 1. The first-order valence-corrected chi connectivity index (χ1v) is 10.6. The second-order valence-electron chi connectivity index (χ2n) is 9.06. The van der Waals surface area contributed by atoms with E-state index in [4.69, 9.17) is 11.0 Å². The van der Waals surface area contributed by atoms with Gasteiger partial charge >= 0.3 is 6.03 Å². The number of quaternary nitrogens is 1. The molecule has 0 spiro atoms. The number of primary amides is 1. The van der Waals surface area contributed by atoms with E-state index in [2.05, 4.69) is 54.0 Å². The second-order valence-corrected chi connectivity index (χ2v) is 9.06. The molecule has 2 aliphatic heterocycles. The zero-order valence-electron chi connectivity index (χ0n) is 17.1. The lowest BCUT2D eigenvalue weighted by molar-refractivity contribution is -0.872. The number of carbonyl (C=O) groups is 1. The molecule has 0 radical (unpaired) electrons. The normalized spacial score (nSPS) is 35.5. The number of hydrogen-bond acceptors (Lipinski definition) is 4. The second kappa shape index (κ2) is 7.38. The third kappa shape index (κ3) is 3.27. The van der Waals surface area contributed by atoms with Crippen LogP contribution in [-0.4, -0.2) is 66.8 Å². The predicted molar refractivity (Wildman–Crippen MR) is 110 cm³/mol. The molecule has 2 heterocycles. The van der Waals surface area contributed by atoms with E-state index in [1.807, 2.05) is 0 Å². The van der Waals surface area contributed by atoms with E-state index in [0.717, 1.165) is 45.6 Å². The van der Waals surface area contributed by atoms with Crippen LogP contribution in [0.5, 0.6) is 0 Å². The van der Waals surface area contributed by atoms with Crippen molar-refractivity contribution in [1.29, 1.82) is 5.26 Å². The lowest BCUT2D eigenvalue weighted by atomic mass is 10.1. The van der Waals surface area contributed by atoms with Crippen LogP contribution >= 0.6 is 0 Å². The molecule has 28 heavy (non-hydrogen) atoms. The van der Waals surface area contributed by atoms with Crippen molar-refractivity contribution in [2.45, 2.75) is 44.7 Å².